The van der Waals surface area contributed by atoms with Crippen LogP contribution in [0.4, 0.5) is 0 Å². The molecule has 0 bridgehead atoms. The van der Waals surface area contributed by atoms with Gasteiger partial charge in [0.05, 0.1) is 5.70 Å². The Hall–Kier alpha value is -1.09. The molecule has 0 saturated carbocycles. The van der Waals surface area contributed by atoms with Crippen LogP contribution in [0.2, 0.25) is 0 Å². The van der Waals surface area contributed by atoms with Crippen molar-refractivity contribution < 1.29 is 0 Å². The lowest BCUT2D eigenvalue weighted by Gasteiger charge is -1.99. The summed E-state index contributed by atoms with van der Waals surface area (Å²) in [5.41, 5.74) is 12.5. The zero-order valence-corrected chi connectivity index (χ0v) is 7.04. The first kappa shape index (κ1) is 9.91. The number of allylic oxidation sites excluding steroid dienone is 2. The molecule has 0 aliphatic rings. The lowest BCUT2D eigenvalue weighted by atomic mass is 10.2. The quantitative estimate of drug-likeness (QED) is 0.465. The summed E-state index contributed by atoms with van der Waals surface area (Å²) >= 11 is 0. The van der Waals surface area contributed by atoms with E-state index in [0.29, 0.717) is 6.54 Å². The van der Waals surface area contributed by atoms with E-state index in [2.05, 4.69) is 4.99 Å². The summed E-state index contributed by atoms with van der Waals surface area (Å²) < 4.78 is 0. The first-order valence-corrected chi connectivity index (χ1v) is 3.53. The number of rotatable bonds is 3. The van der Waals surface area contributed by atoms with Crippen LogP contribution in [-0.2, 0) is 0 Å². The van der Waals surface area contributed by atoms with E-state index in [0.717, 1.165) is 11.3 Å². The van der Waals surface area contributed by atoms with Crippen molar-refractivity contribution in [2.24, 2.45) is 16.5 Å². The lowest BCUT2D eigenvalue weighted by Crippen LogP contribution is -2.03. The minimum atomic E-state index is 0.445. The van der Waals surface area contributed by atoms with Crippen molar-refractivity contribution in [3.8, 4) is 0 Å². The van der Waals surface area contributed by atoms with Crippen molar-refractivity contribution in [3.63, 3.8) is 0 Å². The van der Waals surface area contributed by atoms with Gasteiger partial charge in [-0.1, -0.05) is 0 Å². The van der Waals surface area contributed by atoms with Crippen LogP contribution < -0.4 is 11.5 Å². The normalized spacial score (nSPS) is 14.5. The number of hydrogen-bond donors (Lipinski definition) is 2. The standard InChI is InChI=1S/C8H15N3/c1-3-11-8(6-10)7(2)4-5-9/h3-5H,6,9-10H2,1-2H3/b5-4-,8-7+,11-3?. The Morgan fingerprint density at radius 3 is 2.55 bits per heavy atom. The Balaban J connectivity index is 4.52. The van der Waals surface area contributed by atoms with Crippen molar-refractivity contribution in [1.29, 1.82) is 0 Å². The van der Waals surface area contributed by atoms with E-state index in [1.165, 1.54) is 6.20 Å². The second-order valence-electron chi connectivity index (χ2n) is 2.08. The Morgan fingerprint density at radius 1 is 1.55 bits per heavy atom. The molecule has 0 saturated heterocycles. The van der Waals surface area contributed by atoms with Gasteiger partial charge >= 0.3 is 0 Å². The fourth-order valence-corrected chi connectivity index (χ4v) is 0.712. The number of aliphatic imine (C=N–C) groups is 1. The maximum atomic E-state index is 5.44. The number of hydrogen-bond acceptors (Lipinski definition) is 3. The topological polar surface area (TPSA) is 64.4 Å². The summed E-state index contributed by atoms with van der Waals surface area (Å²) in [6.45, 7) is 4.23. The fraction of sp³-hybridized carbons (Fsp3) is 0.375. The molecule has 0 fully saturated rings. The SMILES string of the molecule is CC=N/C(CN)=C(C)/C=C\N. The molecule has 0 rings (SSSR count). The van der Waals surface area contributed by atoms with Crippen LogP contribution in [0.3, 0.4) is 0 Å². The zero-order valence-electron chi connectivity index (χ0n) is 7.04. The third kappa shape index (κ3) is 3.57. The molecular formula is C8H15N3. The Bertz CT molecular complexity index is 190. The molecule has 0 heterocycles. The highest BCUT2D eigenvalue weighted by Gasteiger charge is 1.92. The van der Waals surface area contributed by atoms with E-state index in [1.54, 1.807) is 12.3 Å². The van der Waals surface area contributed by atoms with Gasteiger partial charge in [0.2, 0.25) is 0 Å². The minimum absolute atomic E-state index is 0.445. The molecule has 0 aromatic heterocycles. The molecule has 0 radical (unpaired) electrons. The number of nitrogens with two attached hydrogens (primary N) is 2. The third-order valence-electron chi connectivity index (χ3n) is 1.28. The van der Waals surface area contributed by atoms with Crippen LogP contribution >= 0.6 is 0 Å². The monoisotopic (exact) mass is 153 g/mol. The average Bonchev–Trinajstić information content (AvgIpc) is 2.00. The lowest BCUT2D eigenvalue weighted by molar-refractivity contribution is 1.08. The van der Waals surface area contributed by atoms with Gasteiger partial charge in [0.15, 0.2) is 0 Å². The molecule has 3 heteroatoms. The molecule has 3 nitrogen and oxygen atoms in total. The average molecular weight is 153 g/mol. The van der Waals surface area contributed by atoms with Crippen molar-refractivity contribution in [3.05, 3.63) is 23.5 Å². The Labute approximate surface area is 67.5 Å². The smallest absolute Gasteiger partial charge is 0.0565 e. The molecule has 0 amide bonds. The molecular weight excluding hydrogens is 138 g/mol. The highest BCUT2D eigenvalue weighted by Crippen LogP contribution is 2.04. The van der Waals surface area contributed by atoms with Crippen molar-refractivity contribution in [2.75, 3.05) is 6.54 Å². The Kier molecular flexibility index (Phi) is 5.11. The van der Waals surface area contributed by atoms with Crippen LogP contribution in [0.5, 0.6) is 0 Å². The summed E-state index contributed by atoms with van der Waals surface area (Å²) in [6, 6.07) is 0. The van der Waals surface area contributed by atoms with Gasteiger partial charge in [-0.3, -0.25) is 4.99 Å². The van der Waals surface area contributed by atoms with Gasteiger partial charge in [0, 0.05) is 12.8 Å². The van der Waals surface area contributed by atoms with Crippen molar-refractivity contribution in [2.45, 2.75) is 13.8 Å². The van der Waals surface area contributed by atoms with E-state index < -0.39 is 0 Å². The second-order valence-corrected chi connectivity index (χ2v) is 2.08. The van der Waals surface area contributed by atoms with Gasteiger partial charge in [-0.25, -0.2) is 0 Å². The highest BCUT2D eigenvalue weighted by molar-refractivity contribution is 5.56. The highest BCUT2D eigenvalue weighted by atomic mass is 14.8. The molecule has 4 N–H and O–H groups in total. The van der Waals surface area contributed by atoms with Gasteiger partial charge in [0.1, 0.15) is 0 Å². The molecule has 62 valence electrons. The summed E-state index contributed by atoms with van der Waals surface area (Å²) in [4.78, 5) is 4.08. The maximum Gasteiger partial charge on any atom is 0.0565 e. The molecule has 0 aromatic carbocycles. The first-order chi connectivity index (χ1) is 5.26. The first-order valence-electron chi connectivity index (χ1n) is 3.53. The maximum absolute atomic E-state index is 5.44. The third-order valence-corrected chi connectivity index (χ3v) is 1.28. The van der Waals surface area contributed by atoms with E-state index in [1.807, 2.05) is 13.8 Å². The van der Waals surface area contributed by atoms with Gasteiger partial charge in [-0.05, 0) is 31.7 Å². The van der Waals surface area contributed by atoms with Gasteiger partial charge < -0.3 is 11.5 Å². The predicted molar refractivity (Wildman–Crippen MR) is 49.2 cm³/mol. The van der Waals surface area contributed by atoms with Crippen LogP contribution in [0.1, 0.15) is 13.8 Å². The molecule has 0 atom stereocenters. The molecule has 0 aromatic rings. The molecule has 0 aliphatic carbocycles. The van der Waals surface area contributed by atoms with Crippen LogP contribution in [0.25, 0.3) is 0 Å². The largest absolute Gasteiger partial charge is 0.405 e. The molecule has 0 spiro atoms. The minimum Gasteiger partial charge on any atom is -0.405 e. The van der Waals surface area contributed by atoms with Gasteiger partial charge in [-0.15, -0.1) is 0 Å². The summed E-state index contributed by atoms with van der Waals surface area (Å²) in [5.74, 6) is 0. The molecule has 0 aliphatic heterocycles. The van der Waals surface area contributed by atoms with E-state index in [-0.39, 0.29) is 0 Å². The number of nitrogens with zero attached hydrogens (tertiary/aromatic N) is 1. The van der Waals surface area contributed by atoms with E-state index in [4.69, 9.17) is 11.5 Å². The van der Waals surface area contributed by atoms with Gasteiger partial charge in [0.25, 0.3) is 0 Å². The molecule has 11 heavy (non-hydrogen) atoms. The zero-order chi connectivity index (χ0) is 8.69. The van der Waals surface area contributed by atoms with Crippen molar-refractivity contribution >= 4 is 6.21 Å². The van der Waals surface area contributed by atoms with E-state index >= 15 is 0 Å². The van der Waals surface area contributed by atoms with Crippen molar-refractivity contribution in [1.82, 2.24) is 0 Å². The predicted octanol–water partition coefficient (Wildman–Crippen LogP) is 0.782. The summed E-state index contributed by atoms with van der Waals surface area (Å²) in [7, 11) is 0. The van der Waals surface area contributed by atoms with E-state index in [9.17, 15) is 0 Å². The second kappa shape index (κ2) is 5.68. The van der Waals surface area contributed by atoms with Crippen LogP contribution in [0.15, 0.2) is 28.5 Å². The van der Waals surface area contributed by atoms with Crippen LogP contribution in [0, 0.1) is 0 Å². The fourth-order valence-electron chi connectivity index (χ4n) is 0.712. The summed E-state index contributed by atoms with van der Waals surface area (Å²) in [5, 5.41) is 0. The summed E-state index contributed by atoms with van der Waals surface area (Å²) in [6.07, 6.45) is 4.99. The Morgan fingerprint density at radius 2 is 2.18 bits per heavy atom. The molecule has 0 unspecified atom stereocenters. The van der Waals surface area contributed by atoms with Gasteiger partial charge in [-0.2, -0.15) is 0 Å². The van der Waals surface area contributed by atoms with Crippen LogP contribution in [-0.4, -0.2) is 12.8 Å².